The van der Waals surface area contributed by atoms with Crippen molar-refractivity contribution >= 4 is 5.97 Å². The zero-order valence-corrected chi connectivity index (χ0v) is 9.54. The van der Waals surface area contributed by atoms with Gasteiger partial charge in [-0.15, -0.1) is 0 Å². The summed E-state index contributed by atoms with van der Waals surface area (Å²) >= 11 is 0. The van der Waals surface area contributed by atoms with Crippen LogP contribution in [-0.2, 0) is 19.0 Å². The molecule has 4 nitrogen and oxygen atoms in total. The minimum atomic E-state index is -0.708. The van der Waals surface area contributed by atoms with Crippen LogP contribution >= 0.6 is 0 Å². The highest BCUT2D eigenvalue weighted by Gasteiger charge is 2.72. The van der Waals surface area contributed by atoms with Crippen LogP contribution in [0.1, 0.15) is 32.6 Å². The van der Waals surface area contributed by atoms with Crippen molar-refractivity contribution in [1.82, 2.24) is 0 Å². The first-order valence-corrected chi connectivity index (χ1v) is 5.39. The molecule has 1 atom stereocenters. The van der Waals surface area contributed by atoms with Gasteiger partial charge in [0.05, 0.1) is 13.2 Å². The summed E-state index contributed by atoms with van der Waals surface area (Å²) in [4.78, 5) is 11.5. The van der Waals surface area contributed by atoms with Crippen LogP contribution in [0.15, 0.2) is 0 Å². The van der Waals surface area contributed by atoms with Crippen molar-refractivity contribution in [2.45, 2.75) is 49.9 Å². The van der Waals surface area contributed by atoms with Gasteiger partial charge >= 0.3 is 5.97 Å². The van der Waals surface area contributed by atoms with Crippen LogP contribution in [0.3, 0.4) is 0 Å². The number of carbonyl (C=O) groups is 1. The molecule has 86 valence electrons. The number of rotatable bonds is 2. The van der Waals surface area contributed by atoms with E-state index in [0.717, 1.165) is 25.7 Å². The van der Waals surface area contributed by atoms with E-state index in [1.165, 1.54) is 7.11 Å². The lowest BCUT2D eigenvalue weighted by Crippen LogP contribution is -2.36. The number of ether oxygens (including phenoxy) is 3. The quantitative estimate of drug-likeness (QED) is 0.513. The van der Waals surface area contributed by atoms with Gasteiger partial charge < -0.3 is 14.2 Å². The van der Waals surface area contributed by atoms with Gasteiger partial charge in [-0.1, -0.05) is 0 Å². The van der Waals surface area contributed by atoms with Crippen LogP contribution in [0.25, 0.3) is 0 Å². The molecule has 2 fully saturated rings. The van der Waals surface area contributed by atoms with Crippen molar-refractivity contribution in [3.63, 3.8) is 0 Å². The monoisotopic (exact) mass is 214 g/mol. The van der Waals surface area contributed by atoms with Gasteiger partial charge in [0.25, 0.3) is 0 Å². The summed E-state index contributed by atoms with van der Waals surface area (Å²) in [6, 6.07) is 0. The van der Waals surface area contributed by atoms with E-state index in [2.05, 4.69) is 0 Å². The van der Waals surface area contributed by atoms with Gasteiger partial charge in [0.1, 0.15) is 5.60 Å². The van der Waals surface area contributed by atoms with Crippen LogP contribution in [0.2, 0.25) is 0 Å². The number of esters is 1. The molecule has 1 aliphatic carbocycles. The first-order valence-electron chi connectivity index (χ1n) is 5.39. The molecule has 1 saturated heterocycles. The van der Waals surface area contributed by atoms with Gasteiger partial charge in [0.15, 0.2) is 5.60 Å². The molecular formula is C11H18O4. The predicted octanol–water partition coefficient (Wildman–Crippen LogP) is 1.28. The van der Waals surface area contributed by atoms with E-state index in [1.807, 2.05) is 6.92 Å². The fourth-order valence-corrected chi connectivity index (χ4v) is 2.66. The molecule has 0 aromatic carbocycles. The summed E-state index contributed by atoms with van der Waals surface area (Å²) < 4.78 is 15.7. The Bertz CT molecular complexity index is 268. The second-order valence-corrected chi connectivity index (χ2v) is 4.56. The molecule has 0 bridgehead atoms. The highest BCUT2D eigenvalue weighted by molar-refractivity contribution is 5.84. The summed E-state index contributed by atoms with van der Waals surface area (Å²) in [6.45, 7) is 1.83. The van der Waals surface area contributed by atoms with E-state index in [-0.39, 0.29) is 11.6 Å². The Morgan fingerprint density at radius 3 is 2.40 bits per heavy atom. The van der Waals surface area contributed by atoms with E-state index >= 15 is 0 Å². The third-order valence-corrected chi connectivity index (χ3v) is 3.88. The van der Waals surface area contributed by atoms with Gasteiger partial charge in [-0.2, -0.15) is 0 Å². The van der Waals surface area contributed by atoms with E-state index in [9.17, 15) is 4.79 Å². The predicted molar refractivity (Wildman–Crippen MR) is 53.5 cm³/mol. The Hall–Kier alpha value is -0.610. The molecule has 0 radical (unpaired) electrons. The molecule has 15 heavy (non-hydrogen) atoms. The molecule has 0 amide bonds. The number of epoxide rings is 1. The summed E-state index contributed by atoms with van der Waals surface area (Å²) in [6.07, 6.45) is 4.02. The largest absolute Gasteiger partial charge is 0.467 e. The number of methoxy groups -OCH3 is 2. The smallest absolute Gasteiger partial charge is 0.340 e. The first kappa shape index (κ1) is 10.9. The number of hydrogen-bond donors (Lipinski definition) is 0. The lowest BCUT2D eigenvalue weighted by atomic mass is 9.79. The number of hydrogen-bond acceptors (Lipinski definition) is 4. The van der Waals surface area contributed by atoms with E-state index in [1.54, 1.807) is 7.11 Å². The molecule has 0 aromatic heterocycles. The standard InChI is InChI=1S/C11H18O4/c1-10(9(12)14-3)11(15-10)6-4-8(13-2)5-7-11/h8H,4-7H2,1-3H3. The SMILES string of the molecule is COC(=O)C1(C)OC12CCC(OC)CC2. The van der Waals surface area contributed by atoms with Crippen molar-refractivity contribution in [1.29, 1.82) is 0 Å². The maximum Gasteiger partial charge on any atom is 0.340 e. The summed E-state index contributed by atoms with van der Waals surface area (Å²) in [5.41, 5.74) is -0.977. The number of carbonyl (C=O) groups excluding carboxylic acids is 1. The molecule has 1 heterocycles. The average Bonchev–Trinajstić information content (AvgIpc) is 2.85. The fourth-order valence-electron chi connectivity index (χ4n) is 2.66. The van der Waals surface area contributed by atoms with E-state index < -0.39 is 5.60 Å². The fraction of sp³-hybridized carbons (Fsp3) is 0.909. The molecule has 0 N–H and O–H groups in total. The molecule has 1 aliphatic heterocycles. The van der Waals surface area contributed by atoms with Gasteiger partial charge in [-0.25, -0.2) is 4.79 Å². The third kappa shape index (κ3) is 1.47. The molecule has 2 aliphatic rings. The van der Waals surface area contributed by atoms with Crippen molar-refractivity contribution < 1.29 is 19.0 Å². The van der Waals surface area contributed by atoms with Crippen LogP contribution in [0.4, 0.5) is 0 Å². The Balaban J connectivity index is 1.99. The zero-order chi connectivity index (χ0) is 11.1. The normalized spacial score (nSPS) is 44.1. The highest BCUT2D eigenvalue weighted by Crippen LogP contribution is 2.57. The minimum Gasteiger partial charge on any atom is -0.467 e. The maximum atomic E-state index is 11.5. The Labute approximate surface area is 89.9 Å². The summed E-state index contributed by atoms with van der Waals surface area (Å²) in [5, 5.41) is 0. The van der Waals surface area contributed by atoms with Crippen LogP contribution in [-0.4, -0.2) is 37.5 Å². The first-order chi connectivity index (χ1) is 7.08. The van der Waals surface area contributed by atoms with Crippen molar-refractivity contribution in [2.75, 3.05) is 14.2 Å². The van der Waals surface area contributed by atoms with E-state index in [4.69, 9.17) is 14.2 Å². The molecule has 4 heteroatoms. The Morgan fingerprint density at radius 2 is 1.93 bits per heavy atom. The molecule has 1 unspecified atom stereocenters. The summed E-state index contributed by atoms with van der Waals surface area (Å²) in [7, 11) is 3.14. The topological polar surface area (TPSA) is 48.1 Å². The molecule has 1 saturated carbocycles. The van der Waals surface area contributed by atoms with Gasteiger partial charge in [-0.3, -0.25) is 0 Å². The molecular weight excluding hydrogens is 196 g/mol. The molecule has 0 aromatic rings. The van der Waals surface area contributed by atoms with Crippen molar-refractivity contribution in [2.24, 2.45) is 0 Å². The zero-order valence-electron chi connectivity index (χ0n) is 9.54. The molecule has 2 rings (SSSR count). The van der Waals surface area contributed by atoms with Gasteiger partial charge in [0.2, 0.25) is 0 Å². The average molecular weight is 214 g/mol. The van der Waals surface area contributed by atoms with Crippen molar-refractivity contribution in [3.05, 3.63) is 0 Å². The van der Waals surface area contributed by atoms with Crippen LogP contribution in [0, 0.1) is 0 Å². The lowest BCUT2D eigenvalue weighted by molar-refractivity contribution is -0.146. The highest BCUT2D eigenvalue weighted by atomic mass is 16.7. The maximum absolute atomic E-state index is 11.5. The second kappa shape index (κ2) is 3.46. The lowest BCUT2D eigenvalue weighted by Gasteiger charge is -2.26. The third-order valence-electron chi connectivity index (χ3n) is 3.88. The van der Waals surface area contributed by atoms with Crippen LogP contribution < -0.4 is 0 Å². The summed E-state index contributed by atoms with van der Waals surface area (Å²) in [5.74, 6) is -0.252. The van der Waals surface area contributed by atoms with Crippen molar-refractivity contribution in [3.8, 4) is 0 Å². The van der Waals surface area contributed by atoms with Gasteiger partial charge in [-0.05, 0) is 32.6 Å². The van der Waals surface area contributed by atoms with Gasteiger partial charge in [0, 0.05) is 7.11 Å². The second-order valence-electron chi connectivity index (χ2n) is 4.56. The van der Waals surface area contributed by atoms with E-state index in [0.29, 0.717) is 6.10 Å². The Kier molecular flexibility index (Phi) is 2.51. The Morgan fingerprint density at radius 1 is 1.33 bits per heavy atom. The minimum absolute atomic E-state index is 0.252. The molecule has 1 spiro atoms. The van der Waals surface area contributed by atoms with Crippen LogP contribution in [0.5, 0.6) is 0 Å².